The maximum absolute atomic E-state index is 11.1. The lowest BCUT2D eigenvalue weighted by molar-refractivity contribution is -0.144. The summed E-state index contributed by atoms with van der Waals surface area (Å²) in [6, 6.07) is 0. The van der Waals surface area contributed by atoms with Crippen molar-refractivity contribution in [1.82, 2.24) is 4.90 Å². The molecule has 6 heteroatoms. The Labute approximate surface area is 95.4 Å². The van der Waals surface area contributed by atoms with Crippen LogP contribution < -0.4 is 5.73 Å². The summed E-state index contributed by atoms with van der Waals surface area (Å²) in [4.78, 5) is 17.3. The van der Waals surface area contributed by atoms with E-state index in [1.54, 1.807) is 6.92 Å². The van der Waals surface area contributed by atoms with Gasteiger partial charge in [0.1, 0.15) is 0 Å². The van der Waals surface area contributed by atoms with Crippen LogP contribution in [0.1, 0.15) is 6.92 Å². The Hall–Kier alpha value is -1.30. The van der Waals surface area contributed by atoms with Gasteiger partial charge >= 0.3 is 5.97 Å². The average Bonchev–Trinajstić information content (AvgIpc) is 2.35. The fraction of sp³-hybridized carbons (Fsp3) is 0.800. The summed E-state index contributed by atoms with van der Waals surface area (Å²) < 4.78 is 9.81. The van der Waals surface area contributed by atoms with E-state index < -0.39 is 0 Å². The standard InChI is InChI=1S/C10H19N3O3/c1-8(9(14)15-2)7-12-10(11)13-3-5-16-6-4-13/h8H,3-7H2,1-2H3,(H2,11,12). The quantitative estimate of drug-likeness (QED) is 0.399. The molecule has 1 aliphatic rings. The molecule has 1 heterocycles. The van der Waals surface area contributed by atoms with Crippen LogP contribution in [0.2, 0.25) is 0 Å². The molecule has 1 fully saturated rings. The van der Waals surface area contributed by atoms with Gasteiger partial charge in [-0.15, -0.1) is 0 Å². The van der Waals surface area contributed by atoms with Crippen molar-refractivity contribution in [2.75, 3.05) is 40.0 Å². The Balaban J connectivity index is 2.40. The zero-order chi connectivity index (χ0) is 12.0. The number of carbonyl (C=O) groups is 1. The molecule has 0 saturated carbocycles. The average molecular weight is 229 g/mol. The van der Waals surface area contributed by atoms with Gasteiger partial charge in [-0.3, -0.25) is 9.79 Å². The molecule has 16 heavy (non-hydrogen) atoms. The van der Waals surface area contributed by atoms with Gasteiger partial charge in [-0.25, -0.2) is 0 Å². The van der Waals surface area contributed by atoms with E-state index in [9.17, 15) is 4.79 Å². The third-order valence-electron chi connectivity index (χ3n) is 2.47. The van der Waals surface area contributed by atoms with Crippen LogP contribution in [0.15, 0.2) is 4.99 Å². The van der Waals surface area contributed by atoms with E-state index in [0.29, 0.717) is 25.7 Å². The van der Waals surface area contributed by atoms with Gasteiger partial charge in [0.2, 0.25) is 0 Å². The summed E-state index contributed by atoms with van der Waals surface area (Å²) in [6.45, 7) is 4.97. The van der Waals surface area contributed by atoms with E-state index in [1.165, 1.54) is 7.11 Å². The summed E-state index contributed by atoms with van der Waals surface area (Å²) in [6.07, 6.45) is 0. The van der Waals surface area contributed by atoms with Gasteiger partial charge in [-0.2, -0.15) is 0 Å². The molecule has 1 rings (SSSR count). The number of carbonyl (C=O) groups excluding carboxylic acids is 1. The highest BCUT2D eigenvalue weighted by Gasteiger charge is 2.15. The molecule has 1 atom stereocenters. The number of esters is 1. The first kappa shape index (κ1) is 12.8. The molecule has 0 radical (unpaired) electrons. The largest absolute Gasteiger partial charge is 0.469 e. The van der Waals surface area contributed by atoms with Gasteiger partial charge in [0, 0.05) is 13.1 Å². The minimum Gasteiger partial charge on any atom is -0.469 e. The van der Waals surface area contributed by atoms with E-state index in [0.717, 1.165) is 13.1 Å². The van der Waals surface area contributed by atoms with Crippen molar-refractivity contribution in [2.45, 2.75) is 6.92 Å². The Morgan fingerprint density at radius 2 is 2.19 bits per heavy atom. The third kappa shape index (κ3) is 3.69. The highest BCUT2D eigenvalue weighted by atomic mass is 16.5. The van der Waals surface area contributed by atoms with E-state index >= 15 is 0 Å². The minimum atomic E-state index is -0.265. The van der Waals surface area contributed by atoms with Crippen molar-refractivity contribution >= 4 is 11.9 Å². The minimum absolute atomic E-state index is 0.260. The number of guanidine groups is 1. The van der Waals surface area contributed by atoms with Crippen LogP contribution >= 0.6 is 0 Å². The first-order valence-electron chi connectivity index (χ1n) is 5.35. The van der Waals surface area contributed by atoms with Crippen molar-refractivity contribution in [3.63, 3.8) is 0 Å². The normalized spacial score (nSPS) is 19.4. The Bertz CT molecular complexity index is 262. The molecule has 0 aromatic carbocycles. The highest BCUT2D eigenvalue weighted by Crippen LogP contribution is 2.00. The van der Waals surface area contributed by atoms with Gasteiger partial charge < -0.3 is 20.1 Å². The van der Waals surface area contributed by atoms with E-state index in [-0.39, 0.29) is 11.9 Å². The smallest absolute Gasteiger partial charge is 0.310 e. The number of aliphatic imine (C=N–C) groups is 1. The van der Waals surface area contributed by atoms with Gasteiger partial charge in [-0.05, 0) is 0 Å². The number of hydrogen-bond acceptors (Lipinski definition) is 4. The summed E-state index contributed by atoms with van der Waals surface area (Å²) >= 11 is 0. The van der Waals surface area contributed by atoms with Crippen molar-refractivity contribution in [1.29, 1.82) is 0 Å². The third-order valence-corrected chi connectivity index (χ3v) is 2.47. The maximum Gasteiger partial charge on any atom is 0.310 e. The molecule has 0 amide bonds. The highest BCUT2D eigenvalue weighted by molar-refractivity contribution is 5.79. The number of nitrogens with zero attached hydrogens (tertiary/aromatic N) is 2. The van der Waals surface area contributed by atoms with Gasteiger partial charge in [0.05, 0.1) is 32.8 Å². The van der Waals surface area contributed by atoms with E-state index in [4.69, 9.17) is 10.5 Å². The van der Waals surface area contributed by atoms with Crippen LogP contribution in [0.4, 0.5) is 0 Å². The van der Waals surface area contributed by atoms with Crippen molar-refractivity contribution < 1.29 is 14.3 Å². The monoisotopic (exact) mass is 229 g/mol. The summed E-state index contributed by atoms with van der Waals surface area (Å²) in [5.74, 6) is -0.0535. The number of rotatable bonds is 3. The summed E-state index contributed by atoms with van der Waals surface area (Å²) in [5, 5.41) is 0. The number of ether oxygens (including phenoxy) is 2. The Morgan fingerprint density at radius 3 is 2.75 bits per heavy atom. The number of nitrogens with two attached hydrogens (primary N) is 1. The molecule has 0 bridgehead atoms. The first-order valence-corrected chi connectivity index (χ1v) is 5.35. The predicted molar refractivity (Wildman–Crippen MR) is 60.1 cm³/mol. The zero-order valence-electron chi connectivity index (χ0n) is 9.81. The topological polar surface area (TPSA) is 77.1 Å². The van der Waals surface area contributed by atoms with Crippen molar-refractivity contribution in [3.8, 4) is 0 Å². The molecule has 92 valence electrons. The van der Waals surface area contributed by atoms with Crippen LogP contribution in [0.25, 0.3) is 0 Å². The summed E-state index contributed by atoms with van der Waals surface area (Å²) in [5.41, 5.74) is 5.81. The first-order chi connectivity index (χ1) is 7.65. The SMILES string of the molecule is COC(=O)C(C)CN=C(N)N1CCOCC1. The van der Waals surface area contributed by atoms with Crippen molar-refractivity contribution in [3.05, 3.63) is 0 Å². The second-order valence-corrected chi connectivity index (χ2v) is 3.72. The number of hydrogen-bond donors (Lipinski definition) is 1. The molecule has 1 aliphatic heterocycles. The van der Waals surface area contributed by atoms with Crippen LogP contribution in [0.3, 0.4) is 0 Å². The van der Waals surface area contributed by atoms with Crippen LogP contribution in [0, 0.1) is 5.92 Å². The number of morpholine rings is 1. The Morgan fingerprint density at radius 1 is 1.56 bits per heavy atom. The van der Waals surface area contributed by atoms with Crippen LogP contribution in [-0.2, 0) is 14.3 Å². The zero-order valence-corrected chi connectivity index (χ0v) is 9.81. The Kier molecular flexibility index (Phi) is 5.04. The lowest BCUT2D eigenvalue weighted by Gasteiger charge is -2.27. The molecule has 0 aliphatic carbocycles. The van der Waals surface area contributed by atoms with Gasteiger partial charge in [0.25, 0.3) is 0 Å². The molecule has 0 aromatic heterocycles. The summed E-state index contributed by atoms with van der Waals surface area (Å²) in [7, 11) is 1.37. The van der Waals surface area contributed by atoms with Crippen molar-refractivity contribution in [2.24, 2.45) is 16.6 Å². The fourth-order valence-electron chi connectivity index (χ4n) is 1.40. The molecule has 6 nitrogen and oxygen atoms in total. The lowest BCUT2D eigenvalue weighted by Crippen LogP contribution is -2.45. The van der Waals surface area contributed by atoms with Crippen LogP contribution in [0.5, 0.6) is 0 Å². The molecular formula is C10H19N3O3. The second kappa shape index (κ2) is 6.32. The lowest BCUT2D eigenvalue weighted by atomic mass is 10.2. The van der Waals surface area contributed by atoms with E-state index in [1.807, 2.05) is 4.90 Å². The predicted octanol–water partition coefficient (Wildman–Crippen LogP) is -0.558. The molecular weight excluding hydrogens is 210 g/mol. The maximum atomic E-state index is 11.1. The van der Waals surface area contributed by atoms with E-state index in [2.05, 4.69) is 9.73 Å². The van der Waals surface area contributed by atoms with Gasteiger partial charge in [0.15, 0.2) is 5.96 Å². The fourth-order valence-corrected chi connectivity index (χ4v) is 1.40. The molecule has 2 N–H and O–H groups in total. The van der Waals surface area contributed by atoms with Gasteiger partial charge in [-0.1, -0.05) is 6.92 Å². The number of methoxy groups -OCH3 is 1. The molecule has 0 spiro atoms. The molecule has 1 saturated heterocycles. The van der Waals surface area contributed by atoms with Crippen LogP contribution in [-0.4, -0.2) is 56.8 Å². The molecule has 0 aromatic rings. The molecule has 1 unspecified atom stereocenters. The second-order valence-electron chi connectivity index (χ2n) is 3.72.